The lowest BCUT2D eigenvalue weighted by molar-refractivity contribution is 1.20. The summed E-state index contributed by atoms with van der Waals surface area (Å²) in [6.07, 6.45) is 5.61. The van der Waals surface area contributed by atoms with E-state index >= 15 is 0 Å². The van der Waals surface area contributed by atoms with Crippen LogP contribution in [0.25, 0.3) is 0 Å². The van der Waals surface area contributed by atoms with Crippen LogP contribution in [0.2, 0.25) is 0 Å². The number of hydrogen-bond donors (Lipinski definition) is 0. The Morgan fingerprint density at radius 1 is 0.929 bits per heavy atom. The van der Waals surface area contributed by atoms with Gasteiger partial charge in [0.2, 0.25) is 0 Å². The molecule has 0 bridgehead atoms. The Hall–Kier alpha value is -0.720. The molecule has 0 fully saturated rings. The normalized spacial score (nSPS) is 11.6. The maximum atomic E-state index is 5.47. The van der Waals surface area contributed by atoms with E-state index in [2.05, 4.69) is 24.3 Å². The molecular formula is C12H12Cl2. The molecular weight excluding hydrogens is 215 g/mol. The Kier molecular flexibility index (Phi) is 5.43. The van der Waals surface area contributed by atoms with E-state index in [-0.39, 0.29) is 0 Å². The molecule has 74 valence electrons. The molecule has 0 aromatic heterocycles. The van der Waals surface area contributed by atoms with Crippen LogP contribution in [-0.4, -0.2) is 0 Å². The minimum Gasteiger partial charge on any atom is -0.0933 e. The Balaban J connectivity index is 2.68. The number of rotatable bonds is 4. The maximum absolute atomic E-state index is 5.47. The van der Waals surface area contributed by atoms with Gasteiger partial charge >= 0.3 is 0 Å². The highest BCUT2D eigenvalue weighted by Gasteiger charge is 1.92. The number of hydrogen-bond acceptors (Lipinski definition) is 0. The molecule has 1 rings (SSSR count). The summed E-state index contributed by atoms with van der Waals surface area (Å²) in [6.45, 7) is 0. The zero-order valence-corrected chi connectivity index (χ0v) is 9.30. The Bertz CT molecular complexity index is 298. The standard InChI is InChI=1S/C12H12Cl2/c13-8-2-6-11-4-1-5-12(10-11)7-3-9-14/h1-5,8-10H,6-7H2/b8-2+,9-3+. The molecule has 0 N–H and O–H groups in total. The molecule has 0 aliphatic carbocycles. The lowest BCUT2D eigenvalue weighted by Gasteiger charge is -2.00. The molecule has 0 aliphatic rings. The minimum atomic E-state index is 0.877. The molecule has 2 heteroatoms. The molecule has 0 aliphatic heterocycles. The van der Waals surface area contributed by atoms with E-state index in [4.69, 9.17) is 23.2 Å². The second-order valence-corrected chi connectivity index (χ2v) is 3.46. The first kappa shape index (κ1) is 11.4. The maximum Gasteiger partial charge on any atom is 0.000580 e. The van der Waals surface area contributed by atoms with Crippen LogP contribution in [0.1, 0.15) is 11.1 Å². The number of benzene rings is 1. The van der Waals surface area contributed by atoms with Gasteiger partial charge in [-0.25, -0.2) is 0 Å². The molecule has 0 radical (unpaired) electrons. The second-order valence-electron chi connectivity index (χ2n) is 2.95. The van der Waals surface area contributed by atoms with Crippen molar-refractivity contribution in [2.75, 3.05) is 0 Å². The van der Waals surface area contributed by atoms with E-state index in [1.54, 1.807) is 11.1 Å². The molecule has 1 aromatic rings. The lowest BCUT2D eigenvalue weighted by atomic mass is 10.1. The number of allylic oxidation sites excluding steroid dienone is 2. The third kappa shape index (κ3) is 3.99. The van der Waals surface area contributed by atoms with Gasteiger partial charge in [0.15, 0.2) is 0 Å². The van der Waals surface area contributed by atoms with Crippen LogP contribution in [0.5, 0.6) is 0 Å². The van der Waals surface area contributed by atoms with Gasteiger partial charge in [0.1, 0.15) is 0 Å². The van der Waals surface area contributed by atoms with Crippen molar-refractivity contribution >= 4 is 23.2 Å². The van der Waals surface area contributed by atoms with Crippen molar-refractivity contribution in [1.29, 1.82) is 0 Å². The molecule has 0 atom stereocenters. The van der Waals surface area contributed by atoms with Crippen molar-refractivity contribution in [2.45, 2.75) is 12.8 Å². The highest BCUT2D eigenvalue weighted by Crippen LogP contribution is 2.08. The van der Waals surface area contributed by atoms with Crippen LogP contribution in [0, 0.1) is 0 Å². The van der Waals surface area contributed by atoms with Crippen LogP contribution in [0.15, 0.2) is 47.5 Å². The van der Waals surface area contributed by atoms with Crippen molar-refractivity contribution in [1.82, 2.24) is 0 Å². The van der Waals surface area contributed by atoms with Crippen molar-refractivity contribution in [3.8, 4) is 0 Å². The molecule has 0 saturated carbocycles. The second kappa shape index (κ2) is 6.69. The van der Waals surface area contributed by atoms with E-state index < -0.39 is 0 Å². The molecule has 0 spiro atoms. The molecule has 1 aromatic carbocycles. The topological polar surface area (TPSA) is 0 Å². The quantitative estimate of drug-likeness (QED) is 0.720. The van der Waals surface area contributed by atoms with Gasteiger partial charge in [-0.2, -0.15) is 0 Å². The van der Waals surface area contributed by atoms with Crippen LogP contribution >= 0.6 is 23.2 Å². The summed E-state index contributed by atoms with van der Waals surface area (Å²) >= 11 is 10.9. The average molecular weight is 227 g/mol. The molecule has 0 heterocycles. The van der Waals surface area contributed by atoms with Gasteiger partial charge in [-0.3, -0.25) is 0 Å². The van der Waals surface area contributed by atoms with E-state index in [0.717, 1.165) is 12.8 Å². The average Bonchev–Trinajstić information content (AvgIpc) is 2.24. The predicted octanol–water partition coefficient (Wildman–Crippen LogP) is 4.28. The van der Waals surface area contributed by atoms with Gasteiger partial charge in [0.25, 0.3) is 0 Å². The van der Waals surface area contributed by atoms with Crippen LogP contribution in [0.3, 0.4) is 0 Å². The first-order valence-corrected chi connectivity index (χ1v) is 5.32. The van der Waals surface area contributed by atoms with E-state index in [9.17, 15) is 0 Å². The summed E-state index contributed by atoms with van der Waals surface area (Å²) < 4.78 is 0. The molecule has 14 heavy (non-hydrogen) atoms. The van der Waals surface area contributed by atoms with Crippen molar-refractivity contribution < 1.29 is 0 Å². The smallest absolute Gasteiger partial charge is 0.000580 e. The molecule has 0 nitrogen and oxygen atoms in total. The van der Waals surface area contributed by atoms with Crippen molar-refractivity contribution in [3.63, 3.8) is 0 Å². The zero-order chi connectivity index (χ0) is 10.2. The first-order valence-electron chi connectivity index (χ1n) is 4.45. The first-order chi connectivity index (χ1) is 6.86. The summed E-state index contributed by atoms with van der Waals surface area (Å²) in [7, 11) is 0. The highest BCUT2D eigenvalue weighted by molar-refractivity contribution is 6.25. The summed E-state index contributed by atoms with van der Waals surface area (Å²) in [5.41, 5.74) is 5.63. The molecule has 0 saturated heterocycles. The van der Waals surface area contributed by atoms with Crippen LogP contribution < -0.4 is 0 Å². The summed E-state index contributed by atoms with van der Waals surface area (Å²) in [5.74, 6) is 0. The lowest BCUT2D eigenvalue weighted by Crippen LogP contribution is -1.85. The summed E-state index contributed by atoms with van der Waals surface area (Å²) in [4.78, 5) is 0. The van der Waals surface area contributed by atoms with Crippen LogP contribution in [0.4, 0.5) is 0 Å². The number of halogens is 2. The van der Waals surface area contributed by atoms with Gasteiger partial charge in [-0.1, -0.05) is 59.6 Å². The van der Waals surface area contributed by atoms with Crippen molar-refractivity contribution in [2.24, 2.45) is 0 Å². The van der Waals surface area contributed by atoms with Gasteiger partial charge in [-0.05, 0) is 24.0 Å². The van der Waals surface area contributed by atoms with E-state index in [1.807, 2.05) is 12.2 Å². The summed E-state index contributed by atoms with van der Waals surface area (Å²) in [5, 5.41) is 0. The van der Waals surface area contributed by atoms with Crippen molar-refractivity contribution in [3.05, 3.63) is 58.6 Å². The Morgan fingerprint density at radius 3 is 1.86 bits per heavy atom. The Morgan fingerprint density at radius 2 is 1.43 bits per heavy atom. The van der Waals surface area contributed by atoms with Gasteiger partial charge in [0, 0.05) is 11.1 Å². The largest absolute Gasteiger partial charge is 0.0933 e. The summed E-state index contributed by atoms with van der Waals surface area (Å²) in [6, 6.07) is 8.39. The van der Waals surface area contributed by atoms with Gasteiger partial charge in [-0.15, -0.1) is 0 Å². The van der Waals surface area contributed by atoms with E-state index in [1.165, 1.54) is 11.1 Å². The monoisotopic (exact) mass is 226 g/mol. The Labute approximate surface area is 94.8 Å². The fourth-order valence-corrected chi connectivity index (χ4v) is 1.42. The zero-order valence-electron chi connectivity index (χ0n) is 7.79. The third-order valence-electron chi connectivity index (χ3n) is 1.88. The third-order valence-corrected chi connectivity index (χ3v) is 2.23. The SMILES string of the molecule is Cl/C=C/Cc1cccc(C/C=C/Cl)c1. The fourth-order valence-electron chi connectivity index (χ4n) is 1.24. The predicted molar refractivity (Wildman–Crippen MR) is 63.8 cm³/mol. The van der Waals surface area contributed by atoms with Crippen LogP contribution in [-0.2, 0) is 12.8 Å². The fraction of sp³-hybridized carbons (Fsp3) is 0.167. The minimum absolute atomic E-state index is 0.877. The highest BCUT2D eigenvalue weighted by atomic mass is 35.5. The van der Waals surface area contributed by atoms with Gasteiger partial charge in [0.05, 0.1) is 0 Å². The molecule has 0 unspecified atom stereocenters. The molecule has 0 amide bonds. The van der Waals surface area contributed by atoms with Gasteiger partial charge < -0.3 is 0 Å². The van der Waals surface area contributed by atoms with E-state index in [0.29, 0.717) is 0 Å².